The van der Waals surface area contributed by atoms with Gasteiger partial charge in [-0.2, -0.15) is 0 Å². The second-order valence-electron chi connectivity index (χ2n) is 10.1. The molecule has 6 aromatic rings. The molecule has 0 saturated carbocycles. The molecule has 1 spiro atoms. The molecule has 8 rings (SSSR count). The highest BCUT2D eigenvalue weighted by Gasteiger charge is 2.51. The molecule has 3 N–H and O–H groups in total. The lowest BCUT2D eigenvalue weighted by Crippen LogP contribution is -2.26. The van der Waals surface area contributed by atoms with Gasteiger partial charge in [0.05, 0.1) is 5.41 Å². The Hall–Kier alpha value is -4.82. The van der Waals surface area contributed by atoms with Crippen molar-refractivity contribution in [3.8, 4) is 22.3 Å². The summed E-state index contributed by atoms with van der Waals surface area (Å²) in [6.07, 6.45) is 0. The summed E-state index contributed by atoms with van der Waals surface area (Å²) in [4.78, 5) is 0. The van der Waals surface area contributed by atoms with Gasteiger partial charge in [0.2, 0.25) is 0 Å². The summed E-state index contributed by atoms with van der Waals surface area (Å²) < 4.78 is 0. The molecule has 2 nitrogen and oxygen atoms in total. The Morgan fingerprint density at radius 3 is 1.86 bits per heavy atom. The SMILES string of the molecule is Nc1ccc2c(c1)C1(c3ccccc3-c3ccccc31)c1cc(Nc3cccc4ccccc34)ccc1-2. The fourth-order valence-electron chi connectivity index (χ4n) is 6.72. The van der Waals surface area contributed by atoms with Crippen molar-refractivity contribution in [3.63, 3.8) is 0 Å². The van der Waals surface area contributed by atoms with E-state index in [1.165, 1.54) is 55.3 Å². The fourth-order valence-corrected chi connectivity index (χ4v) is 6.72. The number of nitrogens with one attached hydrogen (secondary N) is 1. The van der Waals surface area contributed by atoms with Crippen LogP contribution in [-0.4, -0.2) is 0 Å². The minimum absolute atomic E-state index is 0.399. The topological polar surface area (TPSA) is 38.0 Å². The zero-order valence-electron chi connectivity index (χ0n) is 20.2. The quantitative estimate of drug-likeness (QED) is 0.248. The molecule has 2 heteroatoms. The maximum absolute atomic E-state index is 6.43. The molecule has 0 radical (unpaired) electrons. The Bertz CT molecular complexity index is 1830. The molecule has 174 valence electrons. The second-order valence-corrected chi connectivity index (χ2v) is 10.1. The van der Waals surface area contributed by atoms with Gasteiger partial charge in [0.25, 0.3) is 0 Å². The van der Waals surface area contributed by atoms with Crippen LogP contribution in [0, 0.1) is 0 Å². The van der Waals surface area contributed by atoms with Crippen LogP contribution in [-0.2, 0) is 5.41 Å². The number of nitrogen functional groups attached to an aromatic ring is 1. The van der Waals surface area contributed by atoms with Gasteiger partial charge in [-0.1, -0.05) is 97.1 Å². The molecule has 2 aliphatic rings. The standard InChI is InChI=1S/C35H24N2/c36-23-16-18-28-29-19-17-24(37-34-15-7-9-22-8-1-2-10-25(22)34)21-33(29)35(32(28)20-23)30-13-5-3-11-26(30)27-12-4-6-14-31(27)35/h1-21,37H,36H2. The van der Waals surface area contributed by atoms with E-state index in [0.29, 0.717) is 0 Å². The van der Waals surface area contributed by atoms with Gasteiger partial charge in [0.1, 0.15) is 0 Å². The van der Waals surface area contributed by atoms with Crippen LogP contribution < -0.4 is 11.1 Å². The molecule has 2 aliphatic carbocycles. The number of rotatable bonds is 2. The summed E-state index contributed by atoms with van der Waals surface area (Å²) in [5.74, 6) is 0. The maximum Gasteiger partial charge on any atom is 0.0727 e. The van der Waals surface area contributed by atoms with E-state index in [-0.39, 0.29) is 0 Å². The molecule has 37 heavy (non-hydrogen) atoms. The van der Waals surface area contributed by atoms with Gasteiger partial charge in [-0.25, -0.2) is 0 Å². The molecular weight excluding hydrogens is 448 g/mol. The van der Waals surface area contributed by atoms with Crippen LogP contribution in [0.1, 0.15) is 22.3 Å². The Balaban J connectivity index is 1.41. The van der Waals surface area contributed by atoms with Gasteiger partial charge in [0, 0.05) is 22.4 Å². The molecule has 0 atom stereocenters. The van der Waals surface area contributed by atoms with E-state index in [1.807, 2.05) is 6.07 Å². The lowest BCUT2D eigenvalue weighted by Gasteiger charge is -2.31. The Labute approximate surface area is 216 Å². The third kappa shape index (κ3) is 2.65. The highest BCUT2D eigenvalue weighted by molar-refractivity contribution is 5.98. The van der Waals surface area contributed by atoms with Gasteiger partial charge in [0.15, 0.2) is 0 Å². The van der Waals surface area contributed by atoms with Crippen molar-refractivity contribution in [1.82, 2.24) is 0 Å². The zero-order chi connectivity index (χ0) is 24.6. The molecule has 0 amide bonds. The molecule has 0 aromatic heterocycles. The average molecular weight is 473 g/mol. The minimum atomic E-state index is -0.399. The molecule has 0 saturated heterocycles. The fraction of sp³-hybridized carbons (Fsp3) is 0.0286. The maximum atomic E-state index is 6.43. The van der Waals surface area contributed by atoms with Crippen LogP contribution in [0.15, 0.2) is 127 Å². The smallest absolute Gasteiger partial charge is 0.0727 e. The number of anilines is 3. The van der Waals surface area contributed by atoms with Gasteiger partial charge in [-0.05, 0) is 80.2 Å². The monoisotopic (exact) mass is 472 g/mol. The van der Waals surface area contributed by atoms with Crippen LogP contribution in [0.4, 0.5) is 17.1 Å². The summed E-state index contributed by atoms with van der Waals surface area (Å²) in [6.45, 7) is 0. The summed E-state index contributed by atoms with van der Waals surface area (Å²) in [5, 5.41) is 6.19. The predicted molar refractivity (Wildman–Crippen MR) is 154 cm³/mol. The van der Waals surface area contributed by atoms with Crippen molar-refractivity contribution in [2.45, 2.75) is 5.41 Å². The van der Waals surface area contributed by atoms with Gasteiger partial charge >= 0.3 is 0 Å². The Morgan fingerprint density at radius 2 is 1.08 bits per heavy atom. The Kier molecular flexibility index (Phi) is 4.05. The van der Waals surface area contributed by atoms with Crippen molar-refractivity contribution >= 4 is 27.8 Å². The van der Waals surface area contributed by atoms with Crippen molar-refractivity contribution in [1.29, 1.82) is 0 Å². The molecule has 0 aliphatic heterocycles. The van der Waals surface area contributed by atoms with Crippen molar-refractivity contribution in [2.24, 2.45) is 0 Å². The normalized spacial score (nSPS) is 13.7. The van der Waals surface area contributed by atoms with Crippen molar-refractivity contribution in [2.75, 3.05) is 11.1 Å². The Morgan fingerprint density at radius 1 is 0.486 bits per heavy atom. The highest BCUT2D eigenvalue weighted by Crippen LogP contribution is 2.63. The van der Waals surface area contributed by atoms with Crippen LogP contribution in [0.5, 0.6) is 0 Å². The summed E-state index contributed by atoms with van der Waals surface area (Å²) in [5.41, 5.74) is 19.3. The predicted octanol–water partition coefficient (Wildman–Crippen LogP) is 8.51. The van der Waals surface area contributed by atoms with Crippen molar-refractivity contribution < 1.29 is 0 Å². The largest absolute Gasteiger partial charge is 0.399 e. The van der Waals surface area contributed by atoms with Crippen LogP contribution in [0.3, 0.4) is 0 Å². The molecule has 0 unspecified atom stereocenters. The third-order valence-corrected chi connectivity index (χ3v) is 8.18. The van der Waals surface area contributed by atoms with Crippen LogP contribution in [0.2, 0.25) is 0 Å². The van der Waals surface area contributed by atoms with Crippen LogP contribution >= 0.6 is 0 Å². The van der Waals surface area contributed by atoms with E-state index in [0.717, 1.165) is 17.1 Å². The second kappa shape index (κ2) is 7.35. The lowest BCUT2D eigenvalue weighted by atomic mass is 9.70. The zero-order valence-corrected chi connectivity index (χ0v) is 20.2. The van der Waals surface area contributed by atoms with E-state index in [9.17, 15) is 0 Å². The highest BCUT2D eigenvalue weighted by atomic mass is 14.9. The van der Waals surface area contributed by atoms with E-state index in [4.69, 9.17) is 5.73 Å². The average Bonchev–Trinajstić information content (AvgIpc) is 3.40. The van der Waals surface area contributed by atoms with Crippen molar-refractivity contribution in [3.05, 3.63) is 150 Å². The number of nitrogens with two attached hydrogens (primary N) is 1. The van der Waals surface area contributed by atoms with Gasteiger partial charge in [-0.15, -0.1) is 0 Å². The van der Waals surface area contributed by atoms with E-state index >= 15 is 0 Å². The van der Waals surface area contributed by atoms with E-state index < -0.39 is 5.41 Å². The van der Waals surface area contributed by atoms with E-state index in [1.54, 1.807) is 0 Å². The summed E-state index contributed by atoms with van der Waals surface area (Å²) in [7, 11) is 0. The number of fused-ring (bicyclic) bond motifs is 11. The minimum Gasteiger partial charge on any atom is -0.399 e. The number of hydrogen-bond acceptors (Lipinski definition) is 2. The molecule has 0 fully saturated rings. The van der Waals surface area contributed by atoms with E-state index in [2.05, 4.69) is 127 Å². The molecule has 0 bridgehead atoms. The third-order valence-electron chi connectivity index (χ3n) is 8.18. The first-order chi connectivity index (χ1) is 18.2. The lowest BCUT2D eigenvalue weighted by molar-refractivity contribution is 0.794. The number of benzene rings is 6. The summed E-state index contributed by atoms with van der Waals surface area (Å²) in [6, 6.07) is 45.9. The van der Waals surface area contributed by atoms with Crippen LogP contribution in [0.25, 0.3) is 33.0 Å². The van der Waals surface area contributed by atoms with Gasteiger partial charge < -0.3 is 11.1 Å². The first-order valence-electron chi connectivity index (χ1n) is 12.7. The summed E-state index contributed by atoms with van der Waals surface area (Å²) >= 11 is 0. The first kappa shape index (κ1) is 20.4. The first-order valence-corrected chi connectivity index (χ1v) is 12.7. The molecular formula is C35H24N2. The number of hydrogen-bond donors (Lipinski definition) is 2. The molecule has 6 aromatic carbocycles. The van der Waals surface area contributed by atoms with Gasteiger partial charge in [-0.3, -0.25) is 0 Å². The molecule has 0 heterocycles.